The van der Waals surface area contributed by atoms with Gasteiger partial charge in [-0.3, -0.25) is 0 Å². The molecule has 0 saturated heterocycles. The first-order valence-corrected chi connectivity index (χ1v) is 6.75. The molecule has 1 aromatic carbocycles. The molecule has 0 radical (unpaired) electrons. The van der Waals surface area contributed by atoms with Crippen molar-refractivity contribution in [2.75, 3.05) is 40.6 Å². The SMILES string of the molecule is Brc1ccc2occc2c1.COCCOCCOC. The van der Waals surface area contributed by atoms with Gasteiger partial charge in [0.2, 0.25) is 0 Å². The Hall–Kier alpha value is -0.880. The summed E-state index contributed by atoms with van der Waals surface area (Å²) >= 11 is 3.38. The van der Waals surface area contributed by atoms with E-state index in [2.05, 4.69) is 15.9 Å². The van der Waals surface area contributed by atoms with E-state index in [1.807, 2.05) is 24.3 Å². The van der Waals surface area contributed by atoms with Crippen LogP contribution in [0.2, 0.25) is 0 Å². The van der Waals surface area contributed by atoms with Crippen molar-refractivity contribution in [3.05, 3.63) is 35.0 Å². The van der Waals surface area contributed by atoms with Crippen molar-refractivity contribution in [1.29, 1.82) is 0 Å². The Balaban J connectivity index is 0.000000192. The number of halogens is 1. The van der Waals surface area contributed by atoms with Gasteiger partial charge in [-0.2, -0.15) is 0 Å². The normalized spacial score (nSPS) is 10.3. The number of hydrogen-bond donors (Lipinski definition) is 0. The van der Waals surface area contributed by atoms with Gasteiger partial charge in [0.25, 0.3) is 0 Å². The Labute approximate surface area is 121 Å². The maximum absolute atomic E-state index is 5.15. The molecule has 2 aromatic rings. The van der Waals surface area contributed by atoms with Crippen molar-refractivity contribution in [2.24, 2.45) is 0 Å². The van der Waals surface area contributed by atoms with Crippen LogP contribution in [0.15, 0.2) is 39.4 Å². The molecule has 5 heteroatoms. The van der Waals surface area contributed by atoms with Crippen LogP contribution in [0.4, 0.5) is 0 Å². The highest BCUT2D eigenvalue weighted by atomic mass is 79.9. The zero-order valence-corrected chi connectivity index (χ0v) is 12.8. The number of furan rings is 1. The molecular formula is C14H19BrO4. The first kappa shape index (κ1) is 16.2. The second-order valence-electron chi connectivity index (χ2n) is 3.70. The monoisotopic (exact) mass is 330 g/mol. The minimum Gasteiger partial charge on any atom is -0.464 e. The van der Waals surface area contributed by atoms with Crippen LogP contribution in [-0.2, 0) is 14.2 Å². The molecule has 2 rings (SSSR count). The van der Waals surface area contributed by atoms with E-state index in [4.69, 9.17) is 18.6 Å². The molecule has 0 amide bonds. The largest absolute Gasteiger partial charge is 0.464 e. The maximum Gasteiger partial charge on any atom is 0.133 e. The third kappa shape index (κ3) is 6.73. The van der Waals surface area contributed by atoms with Gasteiger partial charge in [-0.05, 0) is 24.3 Å². The van der Waals surface area contributed by atoms with Gasteiger partial charge in [0.05, 0.1) is 32.7 Å². The predicted octanol–water partition coefficient (Wildman–Crippen LogP) is 3.49. The predicted molar refractivity (Wildman–Crippen MR) is 78.5 cm³/mol. The van der Waals surface area contributed by atoms with Gasteiger partial charge in [0.15, 0.2) is 0 Å². The standard InChI is InChI=1S/C8H5BrO.C6H14O3/c9-7-1-2-8-6(5-7)3-4-10-8;1-7-3-5-9-6-4-8-2/h1-5H;3-6H2,1-2H3. The van der Waals surface area contributed by atoms with E-state index in [1.54, 1.807) is 20.5 Å². The Morgan fingerprint density at radius 2 is 1.68 bits per heavy atom. The van der Waals surface area contributed by atoms with E-state index in [0.717, 1.165) is 15.4 Å². The fourth-order valence-corrected chi connectivity index (χ4v) is 1.70. The summed E-state index contributed by atoms with van der Waals surface area (Å²) in [5.41, 5.74) is 0.934. The molecule has 0 saturated carbocycles. The molecule has 0 atom stereocenters. The second-order valence-corrected chi connectivity index (χ2v) is 4.62. The minimum atomic E-state index is 0.653. The topological polar surface area (TPSA) is 40.8 Å². The van der Waals surface area contributed by atoms with E-state index in [0.29, 0.717) is 26.4 Å². The second kappa shape index (κ2) is 9.97. The lowest BCUT2D eigenvalue weighted by molar-refractivity contribution is 0.0385. The van der Waals surface area contributed by atoms with Crippen LogP contribution in [-0.4, -0.2) is 40.6 Å². The zero-order chi connectivity index (χ0) is 13.9. The number of benzene rings is 1. The summed E-state index contributed by atoms with van der Waals surface area (Å²) < 4.78 is 20.8. The first-order valence-electron chi connectivity index (χ1n) is 5.96. The van der Waals surface area contributed by atoms with Gasteiger partial charge in [0, 0.05) is 24.1 Å². The Morgan fingerprint density at radius 3 is 2.32 bits per heavy atom. The van der Waals surface area contributed by atoms with Gasteiger partial charge < -0.3 is 18.6 Å². The smallest absolute Gasteiger partial charge is 0.133 e. The van der Waals surface area contributed by atoms with Crippen molar-refractivity contribution >= 4 is 26.9 Å². The van der Waals surface area contributed by atoms with Gasteiger partial charge in [-0.25, -0.2) is 0 Å². The Bertz CT molecular complexity index is 449. The average Bonchev–Trinajstić information content (AvgIpc) is 2.87. The van der Waals surface area contributed by atoms with Crippen molar-refractivity contribution in [1.82, 2.24) is 0 Å². The number of methoxy groups -OCH3 is 2. The van der Waals surface area contributed by atoms with Crippen LogP contribution in [0.1, 0.15) is 0 Å². The van der Waals surface area contributed by atoms with Crippen LogP contribution in [0.3, 0.4) is 0 Å². The van der Waals surface area contributed by atoms with Gasteiger partial charge in [-0.1, -0.05) is 15.9 Å². The van der Waals surface area contributed by atoms with Crippen LogP contribution in [0.5, 0.6) is 0 Å². The fourth-order valence-electron chi connectivity index (χ4n) is 1.32. The summed E-state index contributed by atoms with van der Waals surface area (Å²) in [6.07, 6.45) is 1.69. The van der Waals surface area contributed by atoms with E-state index in [9.17, 15) is 0 Å². The molecule has 4 nitrogen and oxygen atoms in total. The summed E-state index contributed by atoms with van der Waals surface area (Å²) in [4.78, 5) is 0. The summed E-state index contributed by atoms with van der Waals surface area (Å²) in [5, 5.41) is 1.13. The van der Waals surface area contributed by atoms with Crippen LogP contribution >= 0.6 is 15.9 Å². The quantitative estimate of drug-likeness (QED) is 0.760. The summed E-state index contributed by atoms with van der Waals surface area (Å²) in [6, 6.07) is 7.88. The number of hydrogen-bond acceptors (Lipinski definition) is 4. The molecule has 0 N–H and O–H groups in total. The van der Waals surface area contributed by atoms with Crippen LogP contribution in [0.25, 0.3) is 11.0 Å². The lowest BCUT2D eigenvalue weighted by atomic mass is 10.3. The Kier molecular flexibility index (Phi) is 8.49. The maximum atomic E-state index is 5.15. The molecule has 1 heterocycles. The van der Waals surface area contributed by atoms with Crippen LogP contribution < -0.4 is 0 Å². The lowest BCUT2D eigenvalue weighted by Gasteiger charge is -2.00. The van der Waals surface area contributed by atoms with E-state index in [-0.39, 0.29) is 0 Å². The van der Waals surface area contributed by atoms with Crippen molar-refractivity contribution in [3.63, 3.8) is 0 Å². The van der Waals surface area contributed by atoms with E-state index < -0.39 is 0 Å². The summed E-state index contributed by atoms with van der Waals surface area (Å²) in [7, 11) is 3.30. The van der Waals surface area contributed by atoms with Crippen molar-refractivity contribution in [2.45, 2.75) is 0 Å². The minimum absolute atomic E-state index is 0.653. The molecule has 19 heavy (non-hydrogen) atoms. The first-order chi connectivity index (χ1) is 9.27. The lowest BCUT2D eigenvalue weighted by Crippen LogP contribution is -2.06. The zero-order valence-electron chi connectivity index (χ0n) is 11.2. The Morgan fingerprint density at radius 1 is 1.00 bits per heavy atom. The highest BCUT2D eigenvalue weighted by Crippen LogP contribution is 2.19. The summed E-state index contributed by atoms with van der Waals surface area (Å²) in [5.74, 6) is 0. The van der Waals surface area contributed by atoms with Gasteiger partial charge in [-0.15, -0.1) is 0 Å². The molecule has 106 valence electrons. The third-order valence-electron chi connectivity index (χ3n) is 2.28. The average molecular weight is 331 g/mol. The fraction of sp³-hybridized carbons (Fsp3) is 0.429. The molecular weight excluding hydrogens is 312 g/mol. The highest BCUT2D eigenvalue weighted by Gasteiger charge is 1.94. The van der Waals surface area contributed by atoms with Crippen LogP contribution in [0, 0.1) is 0 Å². The molecule has 0 bridgehead atoms. The number of ether oxygens (including phenoxy) is 3. The number of rotatable bonds is 6. The molecule has 0 aliphatic heterocycles. The molecule has 0 aliphatic rings. The molecule has 0 fully saturated rings. The molecule has 0 aliphatic carbocycles. The van der Waals surface area contributed by atoms with Gasteiger partial charge in [0.1, 0.15) is 5.58 Å². The number of fused-ring (bicyclic) bond motifs is 1. The van der Waals surface area contributed by atoms with E-state index in [1.165, 1.54) is 0 Å². The summed E-state index contributed by atoms with van der Waals surface area (Å²) in [6.45, 7) is 2.62. The third-order valence-corrected chi connectivity index (χ3v) is 2.77. The molecule has 0 unspecified atom stereocenters. The van der Waals surface area contributed by atoms with Crippen molar-refractivity contribution in [3.8, 4) is 0 Å². The van der Waals surface area contributed by atoms with E-state index >= 15 is 0 Å². The molecule has 1 aromatic heterocycles. The highest BCUT2D eigenvalue weighted by molar-refractivity contribution is 9.10. The van der Waals surface area contributed by atoms with Crippen molar-refractivity contribution < 1.29 is 18.6 Å². The molecule has 0 spiro atoms. The van der Waals surface area contributed by atoms with Gasteiger partial charge >= 0.3 is 0 Å².